The second-order valence-corrected chi connectivity index (χ2v) is 9.20. The van der Waals surface area contributed by atoms with Crippen molar-refractivity contribution < 1.29 is 59.1 Å². The number of hydrogen-bond acceptors (Lipinski definition) is 13. The molecule has 1 fully saturated rings. The van der Waals surface area contributed by atoms with E-state index in [9.17, 15) is 40.5 Å². The summed E-state index contributed by atoms with van der Waals surface area (Å²) in [6.45, 7) is -0.604. The van der Waals surface area contributed by atoms with Crippen LogP contribution < -0.4 is 19.6 Å². The molecule has 13 heteroatoms. The Morgan fingerprint density at radius 3 is 2.24 bits per heavy atom. The van der Waals surface area contributed by atoms with Crippen LogP contribution >= 0.6 is 0 Å². The van der Waals surface area contributed by atoms with Crippen molar-refractivity contribution in [2.75, 3.05) is 13.7 Å². The van der Waals surface area contributed by atoms with Crippen LogP contribution in [0, 0.1) is 0 Å². The molecular weight excluding hydrogens is 544 g/mol. The van der Waals surface area contributed by atoms with Crippen molar-refractivity contribution in [1.29, 1.82) is 0 Å². The molecular formula is C28H26O13. The van der Waals surface area contributed by atoms with E-state index in [4.69, 9.17) is 23.4 Å². The fraction of sp³-hybridized carbons (Fsp3) is 0.250. The van der Waals surface area contributed by atoms with E-state index in [1.54, 1.807) is 12.1 Å². The zero-order valence-corrected chi connectivity index (χ0v) is 21.4. The minimum absolute atomic E-state index is 0.112. The molecule has 7 N–H and O–H groups in total. The summed E-state index contributed by atoms with van der Waals surface area (Å²) < 4.78 is 27.8. The summed E-state index contributed by atoms with van der Waals surface area (Å²) in [6.07, 6.45) is -7.28. The van der Waals surface area contributed by atoms with Gasteiger partial charge >= 0.3 is 0 Å². The molecule has 1 aliphatic heterocycles. The maximum Gasteiger partial charge on any atom is 0.238 e. The number of ether oxygens (including phenoxy) is 4. The van der Waals surface area contributed by atoms with Gasteiger partial charge in [-0.1, -0.05) is 0 Å². The quantitative estimate of drug-likeness (QED) is 0.168. The zero-order valence-electron chi connectivity index (χ0n) is 21.4. The van der Waals surface area contributed by atoms with E-state index >= 15 is 0 Å². The number of methoxy groups -OCH3 is 1. The lowest BCUT2D eigenvalue weighted by atomic mass is 9.99. The molecule has 41 heavy (non-hydrogen) atoms. The fourth-order valence-electron chi connectivity index (χ4n) is 4.38. The minimum Gasteiger partial charge on any atom is -0.508 e. The van der Waals surface area contributed by atoms with E-state index in [0.717, 1.165) is 12.1 Å². The molecule has 1 aliphatic rings. The molecule has 4 aromatic rings. The van der Waals surface area contributed by atoms with Crippen LogP contribution in [-0.2, 0) is 4.74 Å². The van der Waals surface area contributed by atoms with Gasteiger partial charge in [0.05, 0.1) is 13.7 Å². The lowest BCUT2D eigenvalue weighted by Gasteiger charge is -2.39. The maximum atomic E-state index is 12.6. The first-order valence-electron chi connectivity index (χ1n) is 12.3. The number of aromatic hydroxyl groups is 3. The molecule has 0 bridgehead atoms. The molecule has 0 spiro atoms. The predicted octanol–water partition coefficient (Wildman–Crippen LogP) is 1.56. The number of aliphatic hydroxyl groups excluding tert-OH is 4. The highest BCUT2D eigenvalue weighted by atomic mass is 16.7. The average Bonchev–Trinajstić information content (AvgIpc) is 2.96. The third-order valence-corrected chi connectivity index (χ3v) is 6.51. The molecule has 0 aliphatic carbocycles. The van der Waals surface area contributed by atoms with Gasteiger partial charge in [0.15, 0.2) is 17.3 Å². The van der Waals surface area contributed by atoms with Crippen molar-refractivity contribution in [2.45, 2.75) is 30.7 Å². The summed E-state index contributed by atoms with van der Waals surface area (Å²) in [5.74, 6) is -0.748. The van der Waals surface area contributed by atoms with E-state index in [1.165, 1.54) is 37.4 Å². The summed E-state index contributed by atoms with van der Waals surface area (Å²) in [5, 5.41) is 69.4. The highest BCUT2D eigenvalue weighted by Gasteiger charge is 2.45. The normalized spacial score (nSPS) is 22.4. The summed E-state index contributed by atoms with van der Waals surface area (Å²) in [7, 11) is 1.37. The topological polar surface area (TPSA) is 209 Å². The standard InChI is InChI=1S/C28H26O13/c1-37-18-10-15(6-7-17(18)40-28-26(36)24(34)22(32)20(11-29)41-28)38-14-4-2-12(3-5-14)27-25(35)23(33)21-16(31)8-13(30)9-19(21)39-27/h2-10,20,22,24,26,28-32,34-36H,11H2,1H3/t20-,22-,24+,26-,28-/m1/s1. The van der Waals surface area contributed by atoms with Crippen molar-refractivity contribution in [3.63, 3.8) is 0 Å². The van der Waals surface area contributed by atoms with Crippen LogP contribution in [0.3, 0.4) is 0 Å². The molecule has 5 rings (SSSR count). The predicted molar refractivity (Wildman–Crippen MR) is 140 cm³/mol. The molecule has 0 saturated carbocycles. The molecule has 0 unspecified atom stereocenters. The lowest BCUT2D eigenvalue weighted by molar-refractivity contribution is -0.277. The largest absolute Gasteiger partial charge is 0.508 e. The van der Waals surface area contributed by atoms with E-state index in [0.29, 0.717) is 17.1 Å². The van der Waals surface area contributed by atoms with Crippen LogP contribution in [0.4, 0.5) is 0 Å². The number of phenolic OH excluding ortho intramolecular Hbond substituents is 2. The van der Waals surface area contributed by atoms with Crippen molar-refractivity contribution in [3.8, 4) is 51.6 Å². The molecule has 0 radical (unpaired) electrons. The third-order valence-electron chi connectivity index (χ3n) is 6.51. The van der Waals surface area contributed by atoms with E-state index < -0.39 is 54.2 Å². The van der Waals surface area contributed by atoms with Crippen molar-refractivity contribution in [2.24, 2.45) is 0 Å². The first kappa shape index (κ1) is 28.0. The highest BCUT2D eigenvalue weighted by molar-refractivity contribution is 5.88. The Labute approximate surface area is 231 Å². The molecule has 1 saturated heterocycles. The minimum atomic E-state index is -1.61. The Balaban J connectivity index is 1.35. The van der Waals surface area contributed by atoms with E-state index in [1.807, 2.05) is 0 Å². The van der Waals surface area contributed by atoms with Gasteiger partial charge in [0.2, 0.25) is 17.5 Å². The zero-order chi connectivity index (χ0) is 29.4. The number of fused-ring (bicyclic) bond motifs is 1. The first-order chi connectivity index (χ1) is 19.6. The van der Waals surface area contributed by atoms with Crippen LogP contribution in [0.15, 0.2) is 63.8 Å². The summed E-state index contributed by atoms with van der Waals surface area (Å²) in [6, 6.07) is 12.7. The molecule has 13 nitrogen and oxygen atoms in total. The van der Waals surface area contributed by atoms with Gasteiger partial charge in [-0.3, -0.25) is 4.79 Å². The van der Waals surface area contributed by atoms with Gasteiger partial charge in [-0.25, -0.2) is 0 Å². The van der Waals surface area contributed by atoms with Crippen LogP contribution in [0.5, 0.6) is 40.2 Å². The van der Waals surface area contributed by atoms with Crippen molar-refractivity contribution in [3.05, 3.63) is 64.8 Å². The van der Waals surface area contributed by atoms with E-state index in [-0.39, 0.29) is 34.0 Å². The van der Waals surface area contributed by atoms with Gasteiger partial charge in [-0.2, -0.15) is 0 Å². The van der Waals surface area contributed by atoms with Crippen LogP contribution in [0.1, 0.15) is 0 Å². The second-order valence-electron chi connectivity index (χ2n) is 9.20. The number of aliphatic hydroxyl groups is 4. The second kappa shape index (κ2) is 11.2. The van der Waals surface area contributed by atoms with Crippen molar-refractivity contribution in [1.82, 2.24) is 0 Å². The molecule has 0 amide bonds. The number of rotatable bonds is 7. The Hall–Kier alpha value is -4.53. The third kappa shape index (κ3) is 5.31. The smallest absolute Gasteiger partial charge is 0.238 e. The van der Waals surface area contributed by atoms with E-state index in [2.05, 4.69) is 0 Å². The number of phenols is 2. The molecule has 216 valence electrons. The summed E-state index contributed by atoms with van der Waals surface area (Å²) in [4.78, 5) is 12.6. The fourth-order valence-corrected chi connectivity index (χ4v) is 4.38. The van der Waals surface area contributed by atoms with Gasteiger partial charge in [-0.15, -0.1) is 0 Å². The Bertz CT molecular complexity index is 1610. The van der Waals surface area contributed by atoms with Gasteiger partial charge < -0.3 is 59.1 Å². The molecule has 5 atom stereocenters. The number of benzene rings is 3. The average molecular weight is 571 g/mol. The molecule has 2 heterocycles. The Morgan fingerprint density at radius 1 is 0.854 bits per heavy atom. The van der Waals surface area contributed by atoms with Gasteiger partial charge in [0.25, 0.3) is 0 Å². The van der Waals surface area contributed by atoms with Crippen molar-refractivity contribution >= 4 is 11.0 Å². The Morgan fingerprint density at radius 2 is 1.56 bits per heavy atom. The van der Waals surface area contributed by atoms with Crippen LogP contribution in [0.25, 0.3) is 22.3 Å². The first-order valence-corrected chi connectivity index (χ1v) is 12.3. The Kier molecular flexibility index (Phi) is 7.62. The van der Waals surface area contributed by atoms with Gasteiger partial charge in [0, 0.05) is 23.8 Å². The van der Waals surface area contributed by atoms with Gasteiger partial charge in [-0.05, 0) is 36.4 Å². The monoisotopic (exact) mass is 570 g/mol. The van der Waals surface area contributed by atoms with Crippen LogP contribution in [-0.4, -0.2) is 80.2 Å². The molecule has 3 aromatic carbocycles. The highest BCUT2D eigenvalue weighted by Crippen LogP contribution is 2.38. The SMILES string of the molecule is COc1cc(Oc2ccc(-c3oc4cc(O)cc(O)c4c(=O)c3O)cc2)ccc1O[C@@H]1O[C@H](CO)[C@@H](O)[C@H](O)[C@H]1O. The molecule has 1 aromatic heterocycles. The lowest BCUT2D eigenvalue weighted by Crippen LogP contribution is -2.60. The maximum absolute atomic E-state index is 12.6. The van der Waals surface area contributed by atoms with Gasteiger partial charge in [0.1, 0.15) is 58.4 Å². The summed E-state index contributed by atoms with van der Waals surface area (Å²) in [5.41, 5.74) is -0.659. The summed E-state index contributed by atoms with van der Waals surface area (Å²) >= 11 is 0. The number of hydrogen-bond donors (Lipinski definition) is 7. The van der Waals surface area contributed by atoms with Crippen LogP contribution in [0.2, 0.25) is 0 Å².